The number of hydrogen-bond donors (Lipinski definition) is 6. The Bertz CT molecular complexity index is 3380. The van der Waals surface area contributed by atoms with E-state index in [-0.39, 0.29) is 57.2 Å². The van der Waals surface area contributed by atoms with Gasteiger partial charge in [-0.1, -0.05) is 180 Å². The van der Waals surface area contributed by atoms with Gasteiger partial charge in [0.1, 0.15) is 0 Å². The third-order valence-electron chi connectivity index (χ3n) is 44.0. The van der Waals surface area contributed by atoms with Crippen molar-refractivity contribution < 1.29 is 15.3 Å². The average Bonchev–Trinajstić information content (AvgIpc) is 1.06. The fourth-order valence-electron chi connectivity index (χ4n) is 36.9. The molecule has 0 heterocycles. The molecule has 6 nitrogen and oxygen atoms in total. The summed E-state index contributed by atoms with van der Waals surface area (Å²) in [5, 5.41) is 38.1. The molecule has 0 spiro atoms. The molecule has 15 saturated carbocycles. The lowest BCUT2D eigenvalue weighted by Crippen LogP contribution is -2.67. The first-order valence-corrected chi connectivity index (χ1v) is 45.6. The minimum Gasteiger partial charge on any atom is -0.402 e. The maximum absolute atomic E-state index is 11.0. The summed E-state index contributed by atoms with van der Waals surface area (Å²) < 4.78 is 0. The van der Waals surface area contributed by atoms with Crippen molar-refractivity contribution in [3.05, 3.63) is 73.3 Å². The van der Waals surface area contributed by atoms with Crippen LogP contribution in [0.2, 0.25) is 0 Å². The van der Waals surface area contributed by atoms with Gasteiger partial charge in [0.25, 0.3) is 0 Å². The first-order valence-electron chi connectivity index (χ1n) is 45.6. The molecule has 15 fully saturated rings. The van der Waals surface area contributed by atoms with Crippen molar-refractivity contribution >= 4 is 0 Å². The van der Waals surface area contributed by atoms with Crippen LogP contribution in [0.1, 0.15) is 337 Å². The minimum absolute atomic E-state index is 0.0985. The number of rotatable bonds is 13. The molecule has 15 rings (SSSR count). The molecule has 0 aromatic heterocycles. The van der Waals surface area contributed by atoms with Crippen molar-refractivity contribution in [2.24, 2.45) is 188 Å². The van der Waals surface area contributed by atoms with Crippen LogP contribution < -0.4 is 16.4 Å². The molecule has 0 bridgehead atoms. The minimum atomic E-state index is -0.382. The van der Waals surface area contributed by atoms with Gasteiger partial charge >= 0.3 is 0 Å². The number of fused-ring (bicyclic) bond motifs is 21. The van der Waals surface area contributed by atoms with Crippen LogP contribution >= 0.6 is 0 Å². The first kappa shape index (κ1) is 81.7. The molecule has 7 N–H and O–H groups in total. The Hall–Kier alpha value is -2.28. The van der Waals surface area contributed by atoms with E-state index >= 15 is 0 Å². The summed E-state index contributed by atoms with van der Waals surface area (Å²) in [4.78, 5) is 0. The Kier molecular flexibility index (Phi) is 21.2. The zero-order valence-corrected chi connectivity index (χ0v) is 72.8. The second-order valence-corrected chi connectivity index (χ2v) is 45.7. The highest BCUT2D eigenvalue weighted by atomic mass is 16.3. The summed E-state index contributed by atoms with van der Waals surface area (Å²) in [6.45, 7) is 77.0. The van der Waals surface area contributed by atoms with Crippen LogP contribution in [0.5, 0.6) is 0 Å². The van der Waals surface area contributed by atoms with Crippen molar-refractivity contribution in [3.63, 3.8) is 0 Å². The number of aliphatic hydroxyl groups excluding tert-OH is 3. The van der Waals surface area contributed by atoms with Crippen LogP contribution in [0.4, 0.5) is 0 Å². The number of allylic oxidation sites excluding steroid dienone is 6. The van der Waals surface area contributed by atoms with Crippen molar-refractivity contribution in [2.45, 2.75) is 343 Å². The Labute approximate surface area is 652 Å². The molecule has 6 heteroatoms. The molecule has 0 aromatic carbocycles. The smallest absolute Gasteiger partial charge is 0.0618 e. The van der Waals surface area contributed by atoms with Crippen LogP contribution in [-0.4, -0.2) is 48.2 Å². The van der Waals surface area contributed by atoms with Crippen LogP contribution in [-0.2, 0) is 0 Å². The van der Waals surface area contributed by atoms with Gasteiger partial charge in [-0.05, 0) is 374 Å². The third kappa shape index (κ3) is 10.8. The van der Waals surface area contributed by atoms with E-state index in [2.05, 4.69) is 189 Å². The number of hydrogen-bond acceptors (Lipinski definition) is 6. The van der Waals surface area contributed by atoms with E-state index in [1.54, 1.807) is 0 Å². The summed E-state index contributed by atoms with van der Waals surface area (Å²) in [7, 11) is 2.12. The normalized spacial score (nSPS) is 54.8. The van der Waals surface area contributed by atoms with Gasteiger partial charge in [-0.25, -0.2) is 0 Å². The van der Waals surface area contributed by atoms with E-state index in [9.17, 15) is 15.3 Å². The second-order valence-electron chi connectivity index (χ2n) is 45.7. The third-order valence-corrected chi connectivity index (χ3v) is 44.0. The maximum Gasteiger partial charge on any atom is 0.0618 e. The summed E-state index contributed by atoms with van der Waals surface area (Å²) >= 11 is 0. The van der Waals surface area contributed by atoms with Gasteiger partial charge in [-0.15, -0.1) is 0 Å². The van der Waals surface area contributed by atoms with Crippen LogP contribution in [0.3, 0.4) is 0 Å². The molecule has 0 radical (unpaired) electrons. The Balaban J connectivity index is 0.000000141. The molecule has 106 heavy (non-hydrogen) atoms. The molecule has 0 amide bonds. The largest absolute Gasteiger partial charge is 0.402 e. The molecular formula is C100H167N3O3. The standard InChI is InChI=1S/C35H59NO.C34H57N.C31H51NO2/c1-10-31(6)24(4)13-16-32(7)28(31)15-17-34(9)29(32)12-11-27-30-26(23(2)3)14-18-35(30,20-19-33(27,34)8)25(5)36-21-22-37;1-11-30(6)23(4)14-17-31(7)27(30)16-18-33(9)28(31)13-12-26-29-25(22(2)3)15-19-34(29,24(5)35-10)21-20-32(26,33)8;1-19(2)21-10-15-31(20(3)32)17-16-29(6)22(26(21)31)8-9-24-27(4)13-12-25(34)28(5,18-33)23(27)11-14-30(24,29)7/h24,26-30,36-37H,2,5,10-22H2,1,3-4,6-9H3;23,25-29,35H,2,5,11-21H2,1,3-4,6-10H3;21-26,33-34H,1,3,8-18,32H2,2,4-7H3/t24-,26-,27?,28-,29+,30+,31+,32-,33+,34+,35+;23-,25-,26?,27-,28+,29+,30+,31-,32+,33+,34+;21-,22?,23+,24+,25-,26+,27-,28-,29+,30+,31+/m000/s1. The lowest BCUT2D eigenvalue weighted by Gasteiger charge is -2.73. The quantitative estimate of drug-likeness (QED) is 0.103. The number of aliphatic hydroxyl groups is 3. The Morgan fingerprint density at radius 3 is 1.04 bits per heavy atom. The molecule has 15 aliphatic carbocycles. The fourth-order valence-corrected chi connectivity index (χ4v) is 36.9. The molecule has 0 saturated heterocycles. The molecule has 15 aliphatic rings. The van der Waals surface area contributed by atoms with Gasteiger partial charge < -0.3 is 31.7 Å². The van der Waals surface area contributed by atoms with E-state index in [1.165, 1.54) is 214 Å². The molecule has 600 valence electrons. The number of nitrogens with two attached hydrogens (primary N) is 1. The van der Waals surface area contributed by atoms with Crippen molar-refractivity contribution in [1.82, 2.24) is 10.6 Å². The van der Waals surface area contributed by atoms with Gasteiger partial charge in [0.15, 0.2) is 0 Å². The van der Waals surface area contributed by atoms with Gasteiger partial charge in [-0.3, -0.25) is 0 Å². The molecular weight excluding hydrogens is 1290 g/mol. The maximum atomic E-state index is 11.0. The molecule has 3 unspecified atom stereocenters. The van der Waals surface area contributed by atoms with Gasteiger partial charge in [0, 0.05) is 52.3 Å². The van der Waals surface area contributed by atoms with Gasteiger partial charge in [-0.2, -0.15) is 0 Å². The highest BCUT2D eigenvalue weighted by Crippen LogP contribution is 2.83. The van der Waals surface area contributed by atoms with Crippen molar-refractivity contribution in [3.8, 4) is 0 Å². The van der Waals surface area contributed by atoms with E-state index in [4.69, 9.17) is 5.73 Å². The van der Waals surface area contributed by atoms with Crippen LogP contribution in [0, 0.1) is 182 Å². The second kappa shape index (κ2) is 27.5. The highest BCUT2D eigenvalue weighted by molar-refractivity contribution is 5.32. The summed E-state index contributed by atoms with van der Waals surface area (Å²) in [6.07, 6.45) is 41.7. The van der Waals surface area contributed by atoms with Crippen LogP contribution in [0.15, 0.2) is 73.3 Å². The SMILES string of the molecule is C=C(C)[C@@H]1CC[C@]2(C(=C)N)CC[C@]3(C)C(CC[C@@H]4[C@@]5(C)CC[C@H](O)[C@@](C)(CO)[C@@H]5CC[C@]43C)[C@@H]12.C=C(C)[C@@H]1CC[C@]2(C(=C)NC)CC[C@]3(C)C(CC[C@@H]4[C@@]5(C)CC[C@H](C)[C@@](C)(CC)[C@@H]5CC[C@]43C)[C@@H]12.C=C(C)[C@@H]1CC[C@]2(C(=C)NCCO)CC[C@]3(C)C(CC[C@@H]4[C@@]5(C)CC[C@H](C)[C@@](C)(CC)[C@@H]5CC[C@]43C)[C@@H]12. The average molecular weight is 1460 g/mol. The van der Waals surface area contributed by atoms with Crippen molar-refractivity contribution in [1.29, 1.82) is 0 Å². The van der Waals surface area contributed by atoms with E-state index in [0.29, 0.717) is 97.2 Å². The monoisotopic (exact) mass is 1460 g/mol. The highest BCUT2D eigenvalue weighted by Gasteiger charge is 2.76. The van der Waals surface area contributed by atoms with E-state index < -0.39 is 0 Å². The summed E-state index contributed by atoms with van der Waals surface area (Å²) in [6, 6.07) is 0. The zero-order chi connectivity index (χ0) is 77.5. The topological polar surface area (TPSA) is 111 Å². The zero-order valence-electron chi connectivity index (χ0n) is 72.8. The fraction of sp³-hybridized carbons (Fsp3) is 0.880. The van der Waals surface area contributed by atoms with Crippen LogP contribution in [0.25, 0.3) is 0 Å². The Morgan fingerprint density at radius 2 is 0.708 bits per heavy atom. The lowest BCUT2D eigenvalue weighted by molar-refractivity contribution is -0.252. The van der Waals surface area contributed by atoms with Gasteiger partial charge in [0.2, 0.25) is 0 Å². The molecule has 0 aromatic rings. The predicted octanol–water partition coefficient (Wildman–Crippen LogP) is 24.6. The van der Waals surface area contributed by atoms with Crippen molar-refractivity contribution in [2.75, 3.05) is 26.8 Å². The lowest BCUT2D eigenvalue weighted by atomic mass is 9.31. The van der Waals surface area contributed by atoms with Gasteiger partial charge in [0.05, 0.1) is 19.3 Å². The number of nitrogens with one attached hydrogen (secondary N) is 2. The van der Waals surface area contributed by atoms with E-state index in [1.807, 2.05) is 0 Å². The molecule has 0 aliphatic heterocycles. The Morgan fingerprint density at radius 1 is 0.377 bits per heavy atom. The van der Waals surface area contributed by atoms with E-state index in [0.717, 1.165) is 78.2 Å². The molecule has 33 atom stereocenters. The first-order chi connectivity index (χ1) is 49.5. The summed E-state index contributed by atoms with van der Waals surface area (Å²) in [5.74, 6) is 12.4. The summed E-state index contributed by atoms with van der Waals surface area (Å²) in [5.41, 5.74) is 19.0. The predicted molar refractivity (Wildman–Crippen MR) is 448 cm³/mol.